The lowest BCUT2D eigenvalue weighted by Crippen LogP contribution is -2.26. The second-order valence-corrected chi connectivity index (χ2v) is 4.91. The SMILES string of the molecule is CC(C)n1ccnc(-n2cc(I)cn2)c1=O. The Labute approximate surface area is 106 Å². The highest BCUT2D eigenvalue weighted by Gasteiger charge is 2.09. The maximum atomic E-state index is 12.1. The lowest BCUT2D eigenvalue weighted by Gasteiger charge is -2.10. The molecule has 5 nitrogen and oxygen atoms in total. The molecule has 0 amide bonds. The summed E-state index contributed by atoms with van der Waals surface area (Å²) in [5.41, 5.74) is -0.128. The first-order chi connectivity index (χ1) is 7.59. The van der Waals surface area contributed by atoms with Crippen molar-refractivity contribution in [2.75, 3.05) is 0 Å². The van der Waals surface area contributed by atoms with Gasteiger partial charge in [0.25, 0.3) is 5.56 Å². The molecule has 0 aliphatic heterocycles. The van der Waals surface area contributed by atoms with Gasteiger partial charge in [-0.3, -0.25) is 4.79 Å². The minimum absolute atomic E-state index is 0.115. The van der Waals surface area contributed by atoms with E-state index in [9.17, 15) is 4.79 Å². The van der Waals surface area contributed by atoms with Crippen LogP contribution >= 0.6 is 22.6 Å². The Kier molecular flexibility index (Phi) is 3.08. The van der Waals surface area contributed by atoms with Gasteiger partial charge in [-0.1, -0.05) is 0 Å². The Morgan fingerprint density at radius 2 is 2.19 bits per heavy atom. The van der Waals surface area contributed by atoms with Gasteiger partial charge >= 0.3 is 0 Å². The highest BCUT2D eigenvalue weighted by Crippen LogP contribution is 2.05. The molecule has 0 saturated carbocycles. The number of hydrogen-bond acceptors (Lipinski definition) is 3. The van der Waals surface area contributed by atoms with Gasteiger partial charge in [0.2, 0.25) is 5.82 Å². The van der Waals surface area contributed by atoms with Crippen molar-refractivity contribution in [1.29, 1.82) is 0 Å². The van der Waals surface area contributed by atoms with Crippen LogP contribution in [0.4, 0.5) is 0 Å². The molecule has 2 aromatic rings. The van der Waals surface area contributed by atoms with Gasteiger partial charge in [-0.15, -0.1) is 0 Å². The van der Waals surface area contributed by atoms with Crippen LogP contribution in [-0.2, 0) is 0 Å². The highest BCUT2D eigenvalue weighted by molar-refractivity contribution is 14.1. The summed E-state index contributed by atoms with van der Waals surface area (Å²) in [5, 5.41) is 4.08. The summed E-state index contributed by atoms with van der Waals surface area (Å²) in [6.07, 6.45) is 6.76. The largest absolute Gasteiger partial charge is 0.308 e. The average Bonchev–Trinajstić information content (AvgIpc) is 2.64. The van der Waals surface area contributed by atoms with Crippen molar-refractivity contribution in [2.24, 2.45) is 0 Å². The lowest BCUT2D eigenvalue weighted by molar-refractivity contribution is 0.567. The number of aromatic nitrogens is 4. The molecule has 0 N–H and O–H groups in total. The van der Waals surface area contributed by atoms with E-state index >= 15 is 0 Å². The topological polar surface area (TPSA) is 52.7 Å². The lowest BCUT2D eigenvalue weighted by atomic mass is 10.4. The van der Waals surface area contributed by atoms with Crippen molar-refractivity contribution >= 4 is 22.6 Å². The molecule has 16 heavy (non-hydrogen) atoms. The third-order valence-corrected chi connectivity index (χ3v) is 2.73. The third-order valence-electron chi connectivity index (χ3n) is 2.17. The van der Waals surface area contributed by atoms with Crippen molar-refractivity contribution in [3.05, 3.63) is 38.7 Å². The standard InChI is InChI=1S/C10H11IN4O/c1-7(2)14-4-3-12-9(10(14)16)15-6-8(11)5-13-15/h3-7H,1-2H3. The van der Waals surface area contributed by atoms with Gasteiger partial charge in [0.1, 0.15) is 0 Å². The summed E-state index contributed by atoms with van der Waals surface area (Å²) in [6, 6.07) is 0.115. The minimum atomic E-state index is -0.128. The predicted molar refractivity (Wildman–Crippen MR) is 68.7 cm³/mol. The minimum Gasteiger partial charge on any atom is -0.308 e. The van der Waals surface area contributed by atoms with Crippen LogP contribution in [0.2, 0.25) is 0 Å². The van der Waals surface area contributed by atoms with E-state index in [4.69, 9.17) is 0 Å². The molecule has 0 aromatic carbocycles. The van der Waals surface area contributed by atoms with E-state index in [-0.39, 0.29) is 11.6 Å². The number of rotatable bonds is 2. The monoisotopic (exact) mass is 330 g/mol. The Bertz CT molecular complexity index is 558. The molecule has 0 unspecified atom stereocenters. The van der Waals surface area contributed by atoms with Crippen molar-refractivity contribution in [1.82, 2.24) is 19.3 Å². The van der Waals surface area contributed by atoms with Crippen molar-refractivity contribution in [3.63, 3.8) is 0 Å². The van der Waals surface area contributed by atoms with E-state index in [2.05, 4.69) is 32.7 Å². The zero-order valence-electron chi connectivity index (χ0n) is 8.96. The molecular weight excluding hydrogens is 319 g/mol. The first kappa shape index (κ1) is 11.3. The van der Waals surface area contributed by atoms with E-state index in [0.29, 0.717) is 5.82 Å². The summed E-state index contributed by atoms with van der Waals surface area (Å²) in [7, 11) is 0. The molecule has 0 bridgehead atoms. The molecule has 2 rings (SSSR count). The van der Waals surface area contributed by atoms with Gasteiger partial charge in [-0.25, -0.2) is 9.67 Å². The molecule has 84 valence electrons. The second-order valence-electron chi connectivity index (χ2n) is 3.66. The fraction of sp³-hybridized carbons (Fsp3) is 0.300. The van der Waals surface area contributed by atoms with Gasteiger partial charge in [0, 0.05) is 24.6 Å². The molecule has 0 radical (unpaired) electrons. The molecule has 0 aliphatic rings. The average molecular weight is 330 g/mol. The Morgan fingerprint density at radius 3 is 2.75 bits per heavy atom. The summed E-state index contributed by atoms with van der Waals surface area (Å²) < 4.78 is 4.11. The normalized spacial score (nSPS) is 11.0. The van der Waals surface area contributed by atoms with Crippen LogP contribution in [-0.4, -0.2) is 19.3 Å². The zero-order valence-corrected chi connectivity index (χ0v) is 11.1. The van der Waals surface area contributed by atoms with Crippen LogP contribution in [0, 0.1) is 3.57 Å². The summed E-state index contributed by atoms with van der Waals surface area (Å²) in [5.74, 6) is 0.333. The van der Waals surface area contributed by atoms with Gasteiger partial charge < -0.3 is 4.57 Å². The molecule has 0 atom stereocenters. The molecule has 0 spiro atoms. The fourth-order valence-electron chi connectivity index (χ4n) is 1.39. The zero-order chi connectivity index (χ0) is 11.7. The Hall–Kier alpha value is -1.18. The van der Waals surface area contributed by atoms with Crippen molar-refractivity contribution < 1.29 is 0 Å². The fourth-order valence-corrected chi connectivity index (χ4v) is 1.78. The molecule has 6 heteroatoms. The Morgan fingerprint density at radius 1 is 1.44 bits per heavy atom. The van der Waals surface area contributed by atoms with Gasteiger partial charge in [-0.05, 0) is 36.4 Å². The van der Waals surface area contributed by atoms with Crippen LogP contribution in [0.5, 0.6) is 0 Å². The first-order valence-electron chi connectivity index (χ1n) is 4.87. The van der Waals surface area contributed by atoms with Gasteiger partial charge in [-0.2, -0.15) is 5.10 Å². The second kappa shape index (κ2) is 4.36. The maximum absolute atomic E-state index is 12.1. The van der Waals surface area contributed by atoms with Gasteiger partial charge in [0.05, 0.1) is 9.77 Å². The van der Waals surface area contributed by atoms with Crippen molar-refractivity contribution in [2.45, 2.75) is 19.9 Å². The van der Waals surface area contributed by atoms with E-state index in [1.807, 2.05) is 13.8 Å². The molecular formula is C10H11IN4O. The van der Waals surface area contributed by atoms with E-state index in [1.54, 1.807) is 29.4 Å². The predicted octanol–water partition coefficient (Wildman–Crippen LogP) is 1.61. The molecule has 0 fully saturated rings. The van der Waals surface area contributed by atoms with Crippen LogP contribution in [0.15, 0.2) is 29.6 Å². The number of hydrogen-bond donors (Lipinski definition) is 0. The molecule has 0 aliphatic carbocycles. The third kappa shape index (κ3) is 2.01. The van der Waals surface area contributed by atoms with E-state index in [0.717, 1.165) is 3.57 Å². The quantitative estimate of drug-likeness (QED) is 0.787. The van der Waals surface area contributed by atoms with Crippen LogP contribution < -0.4 is 5.56 Å². The number of halogens is 1. The highest BCUT2D eigenvalue weighted by atomic mass is 127. The molecule has 2 heterocycles. The van der Waals surface area contributed by atoms with E-state index in [1.165, 1.54) is 4.68 Å². The van der Waals surface area contributed by atoms with E-state index < -0.39 is 0 Å². The first-order valence-corrected chi connectivity index (χ1v) is 5.95. The Balaban J connectivity index is 2.59. The molecule has 0 saturated heterocycles. The van der Waals surface area contributed by atoms with Crippen LogP contribution in [0.3, 0.4) is 0 Å². The van der Waals surface area contributed by atoms with Crippen LogP contribution in [0.25, 0.3) is 5.82 Å². The maximum Gasteiger partial charge on any atom is 0.295 e. The van der Waals surface area contributed by atoms with Crippen molar-refractivity contribution in [3.8, 4) is 5.82 Å². The molecule has 2 aromatic heterocycles. The smallest absolute Gasteiger partial charge is 0.295 e. The summed E-state index contributed by atoms with van der Waals surface area (Å²) in [6.45, 7) is 3.91. The summed E-state index contributed by atoms with van der Waals surface area (Å²) >= 11 is 2.14. The van der Waals surface area contributed by atoms with Crippen LogP contribution in [0.1, 0.15) is 19.9 Å². The van der Waals surface area contributed by atoms with Gasteiger partial charge in [0.15, 0.2) is 0 Å². The number of nitrogens with zero attached hydrogens (tertiary/aromatic N) is 4. The summed E-state index contributed by atoms with van der Waals surface area (Å²) in [4.78, 5) is 16.1.